The Morgan fingerprint density at radius 1 is 1.45 bits per heavy atom. The minimum absolute atomic E-state index is 0.0530. The molecule has 1 fully saturated rings. The molecule has 0 radical (unpaired) electrons. The van der Waals surface area contributed by atoms with Gasteiger partial charge < -0.3 is 5.32 Å². The smallest absolute Gasteiger partial charge is 0.263 e. The van der Waals surface area contributed by atoms with Crippen molar-refractivity contribution in [3.63, 3.8) is 0 Å². The lowest BCUT2D eigenvalue weighted by Crippen LogP contribution is -2.43. The van der Waals surface area contributed by atoms with E-state index in [9.17, 15) is 8.78 Å². The van der Waals surface area contributed by atoms with E-state index in [1.165, 1.54) is 0 Å². The van der Waals surface area contributed by atoms with Gasteiger partial charge >= 0.3 is 0 Å². The molecule has 3 heteroatoms. The fourth-order valence-corrected chi connectivity index (χ4v) is 1.53. The Morgan fingerprint density at radius 2 is 2.09 bits per heavy atom. The van der Waals surface area contributed by atoms with Crippen LogP contribution in [-0.4, -0.2) is 18.0 Å². The van der Waals surface area contributed by atoms with Crippen molar-refractivity contribution in [3.8, 4) is 0 Å². The SMILES string of the molecule is CC(C)NC1CCCC1(F)F. The molecule has 0 aromatic heterocycles. The molecule has 1 N–H and O–H groups in total. The van der Waals surface area contributed by atoms with E-state index in [-0.39, 0.29) is 12.5 Å². The average molecular weight is 163 g/mol. The zero-order valence-electron chi connectivity index (χ0n) is 7.03. The van der Waals surface area contributed by atoms with Gasteiger partial charge in [0.25, 0.3) is 5.92 Å². The molecule has 0 aromatic carbocycles. The van der Waals surface area contributed by atoms with Gasteiger partial charge in [0.15, 0.2) is 0 Å². The Labute approximate surface area is 66.2 Å². The molecule has 0 aromatic rings. The fraction of sp³-hybridized carbons (Fsp3) is 1.00. The van der Waals surface area contributed by atoms with E-state index >= 15 is 0 Å². The second-order valence-electron chi connectivity index (χ2n) is 3.53. The highest BCUT2D eigenvalue weighted by atomic mass is 19.3. The number of alkyl halides is 2. The maximum atomic E-state index is 12.9. The van der Waals surface area contributed by atoms with E-state index < -0.39 is 12.0 Å². The first kappa shape index (κ1) is 8.91. The zero-order valence-corrected chi connectivity index (χ0v) is 7.03. The molecule has 0 aliphatic heterocycles. The van der Waals surface area contributed by atoms with Crippen molar-refractivity contribution in [1.29, 1.82) is 0 Å². The summed E-state index contributed by atoms with van der Waals surface area (Å²) in [6.07, 6.45) is 1.32. The zero-order chi connectivity index (χ0) is 8.48. The monoisotopic (exact) mass is 163 g/mol. The van der Waals surface area contributed by atoms with Crippen molar-refractivity contribution in [2.24, 2.45) is 0 Å². The van der Waals surface area contributed by atoms with E-state index in [2.05, 4.69) is 5.32 Å². The minimum Gasteiger partial charge on any atom is -0.306 e. The van der Waals surface area contributed by atoms with Gasteiger partial charge in [-0.15, -0.1) is 0 Å². The molecule has 0 heterocycles. The first-order valence-corrected chi connectivity index (χ1v) is 4.16. The summed E-state index contributed by atoms with van der Waals surface area (Å²) in [4.78, 5) is 0. The van der Waals surface area contributed by atoms with Crippen LogP contribution in [0.15, 0.2) is 0 Å². The van der Waals surface area contributed by atoms with Crippen molar-refractivity contribution < 1.29 is 8.78 Å². The molecule has 0 amide bonds. The van der Waals surface area contributed by atoms with Crippen LogP contribution in [-0.2, 0) is 0 Å². The first-order chi connectivity index (χ1) is 5.02. The summed E-state index contributed by atoms with van der Waals surface area (Å²) in [5.41, 5.74) is 0. The van der Waals surface area contributed by atoms with Gasteiger partial charge in [0, 0.05) is 12.5 Å². The third-order valence-corrected chi connectivity index (χ3v) is 2.05. The minimum atomic E-state index is -2.47. The second kappa shape index (κ2) is 3.05. The lowest BCUT2D eigenvalue weighted by atomic mass is 10.2. The molecule has 1 rings (SSSR count). The standard InChI is InChI=1S/C8H15F2N/c1-6(2)11-7-4-3-5-8(7,9)10/h6-7,11H,3-5H2,1-2H3. The van der Waals surface area contributed by atoms with Crippen molar-refractivity contribution >= 4 is 0 Å². The predicted octanol–water partition coefficient (Wildman–Crippen LogP) is 2.17. The third-order valence-electron chi connectivity index (χ3n) is 2.05. The lowest BCUT2D eigenvalue weighted by Gasteiger charge is -2.22. The largest absolute Gasteiger partial charge is 0.306 e. The summed E-state index contributed by atoms with van der Waals surface area (Å²) in [5, 5.41) is 2.88. The number of halogens is 2. The summed E-state index contributed by atoms with van der Waals surface area (Å²) in [5.74, 6) is -2.47. The van der Waals surface area contributed by atoms with Gasteiger partial charge in [0.2, 0.25) is 0 Å². The van der Waals surface area contributed by atoms with Crippen LogP contribution in [0.4, 0.5) is 8.78 Å². The van der Waals surface area contributed by atoms with Crippen LogP contribution in [0, 0.1) is 0 Å². The van der Waals surface area contributed by atoms with Gasteiger partial charge in [-0.25, -0.2) is 8.78 Å². The molecule has 1 aliphatic rings. The van der Waals surface area contributed by atoms with Gasteiger partial charge in [0.05, 0.1) is 6.04 Å². The molecule has 1 unspecified atom stereocenters. The normalized spacial score (nSPS) is 29.7. The Hall–Kier alpha value is -0.180. The molecule has 1 saturated carbocycles. The van der Waals surface area contributed by atoms with Gasteiger partial charge in [-0.05, 0) is 12.8 Å². The van der Waals surface area contributed by atoms with Crippen molar-refractivity contribution in [2.45, 2.75) is 51.1 Å². The molecule has 0 spiro atoms. The molecule has 0 saturated heterocycles. The van der Waals surface area contributed by atoms with Gasteiger partial charge in [-0.1, -0.05) is 13.8 Å². The Kier molecular flexibility index (Phi) is 2.47. The van der Waals surface area contributed by atoms with Crippen LogP contribution >= 0.6 is 0 Å². The summed E-state index contributed by atoms with van der Waals surface area (Å²) in [6.45, 7) is 3.79. The molecule has 1 nitrogen and oxygen atoms in total. The van der Waals surface area contributed by atoms with Gasteiger partial charge in [-0.2, -0.15) is 0 Å². The van der Waals surface area contributed by atoms with Crippen molar-refractivity contribution in [3.05, 3.63) is 0 Å². The summed E-state index contributed by atoms with van der Waals surface area (Å²) < 4.78 is 25.8. The Morgan fingerprint density at radius 3 is 2.45 bits per heavy atom. The van der Waals surface area contributed by atoms with Crippen LogP contribution < -0.4 is 5.32 Å². The van der Waals surface area contributed by atoms with Crippen LogP contribution in [0.3, 0.4) is 0 Å². The Bertz CT molecular complexity index is 134. The topological polar surface area (TPSA) is 12.0 Å². The molecule has 11 heavy (non-hydrogen) atoms. The molecular weight excluding hydrogens is 148 g/mol. The maximum absolute atomic E-state index is 12.9. The molecule has 1 atom stereocenters. The van der Waals surface area contributed by atoms with Crippen molar-refractivity contribution in [1.82, 2.24) is 5.32 Å². The third kappa shape index (κ3) is 2.12. The predicted molar refractivity (Wildman–Crippen MR) is 40.9 cm³/mol. The van der Waals surface area contributed by atoms with E-state index in [1.807, 2.05) is 13.8 Å². The summed E-state index contributed by atoms with van der Waals surface area (Å²) >= 11 is 0. The lowest BCUT2D eigenvalue weighted by molar-refractivity contribution is -0.0200. The van der Waals surface area contributed by atoms with Gasteiger partial charge in [-0.3, -0.25) is 0 Å². The van der Waals surface area contributed by atoms with Crippen LogP contribution in [0.2, 0.25) is 0 Å². The van der Waals surface area contributed by atoms with E-state index in [4.69, 9.17) is 0 Å². The van der Waals surface area contributed by atoms with Gasteiger partial charge in [0.1, 0.15) is 0 Å². The number of hydrogen-bond acceptors (Lipinski definition) is 1. The highest BCUT2D eigenvalue weighted by Gasteiger charge is 2.43. The molecule has 66 valence electrons. The fourth-order valence-electron chi connectivity index (χ4n) is 1.53. The molecular formula is C8H15F2N. The summed E-state index contributed by atoms with van der Waals surface area (Å²) in [7, 11) is 0. The first-order valence-electron chi connectivity index (χ1n) is 4.16. The average Bonchev–Trinajstić information content (AvgIpc) is 2.10. The highest BCUT2D eigenvalue weighted by molar-refractivity contribution is 4.90. The quantitative estimate of drug-likeness (QED) is 0.657. The Balaban J connectivity index is 2.45. The van der Waals surface area contributed by atoms with Crippen molar-refractivity contribution in [2.75, 3.05) is 0 Å². The summed E-state index contributed by atoms with van der Waals surface area (Å²) in [6, 6.07) is -0.425. The number of rotatable bonds is 2. The van der Waals surface area contributed by atoms with Crippen LogP contribution in [0.25, 0.3) is 0 Å². The maximum Gasteiger partial charge on any atom is 0.263 e. The second-order valence-corrected chi connectivity index (χ2v) is 3.53. The van der Waals surface area contributed by atoms with E-state index in [0.717, 1.165) is 0 Å². The van der Waals surface area contributed by atoms with E-state index in [0.29, 0.717) is 12.8 Å². The van der Waals surface area contributed by atoms with Crippen LogP contribution in [0.5, 0.6) is 0 Å². The highest BCUT2D eigenvalue weighted by Crippen LogP contribution is 2.35. The number of nitrogens with one attached hydrogen (secondary N) is 1. The molecule has 0 bridgehead atoms. The van der Waals surface area contributed by atoms with E-state index in [1.54, 1.807) is 0 Å². The number of hydrogen-bond donors (Lipinski definition) is 1. The molecule has 1 aliphatic carbocycles. The van der Waals surface area contributed by atoms with Crippen LogP contribution in [0.1, 0.15) is 33.1 Å².